The molecule has 1 aromatic carbocycles. The first-order chi connectivity index (χ1) is 11.0. The minimum atomic E-state index is -0.419. The van der Waals surface area contributed by atoms with Gasteiger partial charge in [-0.05, 0) is 32.0 Å². The molecular formula is C17H24N4O2. The number of nitrogens with zero attached hydrogens (tertiary/aromatic N) is 4. The Morgan fingerprint density at radius 1 is 1.26 bits per heavy atom. The van der Waals surface area contributed by atoms with Crippen molar-refractivity contribution in [2.24, 2.45) is 0 Å². The van der Waals surface area contributed by atoms with E-state index < -0.39 is 4.92 Å². The zero-order valence-electron chi connectivity index (χ0n) is 13.9. The SMILES string of the molecule is CN(CCN(C)C1CCCCC1)c1ccc(C#N)cc1[N+](=O)[O-]. The summed E-state index contributed by atoms with van der Waals surface area (Å²) in [6.45, 7) is 1.60. The molecule has 1 fully saturated rings. The van der Waals surface area contributed by atoms with Crippen LogP contribution >= 0.6 is 0 Å². The minimum Gasteiger partial charge on any atom is -0.368 e. The van der Waals surface area contributed by atoms with Crippen LogP contribution in [0.5, 0.6) is 0 Å². The van der Waals surface area contributed by atoms with Gasteiger partial charge in [-0.1, -0.05) is 19.3 Å². The fourth-order valence-electron chi connectivity index (χ4n) is 3.19. The fraction of sp³-hybridized carbons (Fsp3) is 0.588. The Morgan fingerprint density at radius 2 is 1.96 bits per heavy atom. The second-order valence-electron chi connectivity index (χ2n) is 6.27. The number of hydrogen-bond acceptors (Lipinski definition) is 5. The lowest BCUT2D eigenvalue weighted by Crippen LogP contribution is -2.38. The molecular weight excluding hydrogens is 292 g/mol. The Balaban J connectivity index is 2.01. The molecule has 0 heterocycles. The summed E-state index contributed by atoms with van der Waals surface area (Å²) in [5, 5.41) is 20.1. The summed E-state index contributed by atoms with van der Waals surface area (Å²) in [6, 6.07) is 7.22. The Morgan fingerprint density at radius 3 is 2.57 bits per heavy atom. The van der Waals surface area contributed by atoms with Gasteiger partial charge in [0.2, 0.25) is 0 Å². The predicted octanol–water partition coefficient (Wildman–Crippen LogP) is 3.17. The van der Waals surface area contributed by atoms with Gasteiger partial charge >= 0.3 is 0 Å². The maximum Gasteiger partial charge on any atom is 0.293 e. The van der Waals surface area contributed by atoms with Crippen molar-refractivity contribution in [2.75, 3.05) is 32.1 Å². The topological polar surface area (TPSA) is 73.4 Å². The van der Waals surface area contributed by atoms with Crippen LogP contribution in [0.15, 0.2) is 18.2 Å². The van der Waals surface area contributed by atoms with Gasteiger partial charge in [-0.15, -0.1) is 0 Å². The smallest absolute Gasteiger partial charge is 0.293 e. The van der Waals surface area contributed by atoms with Gasteiger partial charge in [0.15, 0.2) is 0 Å². The Bertz CT molecular complexity index is 591. The molecule has 6 heteroatoms. The van der Waals surface area contributed by atoms with Gasteiger partial charge < -0.3 is 9.80 Å². The molecule has 0 bridgehead atoms. The maximum absolute atomic E-state index is 11.2. The van der Waals surface area contributed by atoms with E-state index in [0.29, 0.717) is 17.3 Å². The number of likely N-dealkylation sites (N-methyl/N-ethyl adjacent to an activating group) is 2. The van der Waals surface area contributed by atoms with Crippen molar-refractivity contribution in [3.63, 3.8) is 0 Å². The molecule has 1 aliphatic rings. The summed E-state index contributed by atoms with van der Waals surface area (Å²) in [5.41, 5.74) is 0.867. The highest BCUT2D eigenvalue weighted by atomic mass is 16.6. The van der Waals surface area contributed by atoms with E-state index >= 15 is 0 Å². The molecule has 0 aliphatic heterocycles. The maximum atomic E-state index is 11.2. The summed E-state index contributed by atoms with van der Waals surface area (Å²) in [7, 11) is 4.00. The lowest BCUT2D eigenvalue weighted by Gasteiger charge is -2.32. The molecule has 0 unspecified atom stereocenters. The minimum absolute atomic E-state index is 0.00753. The first-order valence-electron chi connectivity index (χ1n) is 8.13. The van der Waals surface area contributed by atoms with Crippen molar-refractivity contribution in [3.8, 4) is 6.07 Å². The van der Waals surface area contributed by atoms with Gasteiger partial charge in [-0.2, -0.15) is 5.26 Å². The largest absolute Gasteiger partial charge is 0.368 e. The normalized spacial score (nSPS) is 15.4. The Labute approximate surface area is 137 Å². The predicted molar refractivity (Wildman–Crippen MR) is 90.6 cm³/mol. The zero-order valence-corrected chi connectivity index (χ0v) is 13.9. The van der Waals surface area contributed by atoms with E-state index in [0.717, 1.165) is 13.1 Å². The zero-order chi connectivity index (χ0) is 16.8. The molecule has 0 atom stereocenters. The summed E-state index contributed by atoms with van der Waals surface area (Å²) in [4.78, 5) is 15.1. The van der Waals surface area contributed by atoms with Crippen molar-refractivity contribution in [1.29, 1.82) is 5.26 Å². The number of nitro groups is 1. The molecule has 0 spiro atoms. The van der Waals surface area contributed by atoms with Crippen molar-refractivity contribution in [1.82, 2.24) is 4.90 Å². The van der Waals surface area contributed by atoms with E-state index in [1.807, 2.05) is 18.0 Å². The summed E-state index contributed by atoms with van der Waals surface area (Å²) in [6.07, 6.45) is 6.42. The fourth-order valence-corrected chi connectivity index (χ4v) is 3.19. The second-order valence-corrected chi connectivity index (χ2v) is 6.27. The first-order valence-corrected chi connectivity index (χ1v) is 8.13. The molecule has 124 valence electrons. The quantitative estimate of drug-likeness (QED) is 0.595. The van der Waals surface area contributed by atoms with Gasteiger partial charge in [-0.25, -0.2) is 0 Å². The lowest BCUT2D eigenvalue weighted by atomic mass is 9.94. The standard InChI is InChI=1S/C17H24N4O2/c1-19(15-6-4-3-5-7-15)10-11-20(2)16-9-8-14(13-18)12-17(16)21(22)23/h8-9,12,15H,3-7,10-11H2,1-2H3. The van der Waals surface area contributed by atoms with E-state index in [1.165, 1.54) is 38.2 Å². The van der Waals surface area contributed by atoms with Gasteiger partial charge in [0, 0.05) is 32.2 Å². The number of nitriles is 1. The third-order valence-corrected chi connectivity index (χ3v) is 4.70. The first kappa shape index (κ1) is 17.2. The molecule has 1 aliphatic carbocycles. The molecule has 0 aromatic heterocycles. The number of benzene rings is 1. The van der Waals surface area contributed by atoms with Crippen LogP contribution in [0.25, 0.3) is 0 Å². The highest BCUT2D eigenvalue weighted by molar-refractivity contribution is 5.65. The van der Waals surface area contributed by atoms with Gasteiger partial charge in [-0.3, -0.25) is 10.1 Å². The van der Waals surface area contributed by atoms with E-state index in [-0.39, 0.29) is 5.69 Å². The number of rotatable bonds is 6. The van der Waals surface area contributed by atoms with Crippen LogP contribution < -0.4 is 4.90 Å². The molecule has 1 aromatic rings. The Hall–Kier alpha value is -2.13. The average molecular weight is 316 g/mol. The van der Waals surface area contributed by atoms with Crippen LogP contribution in [0.2, 0.25) is 0 Å². The Kier molecular flexibility index (Phi) is 5.94. The van der Waals surface area contributed by atoms with Crippen LogP contribution in [0.1, 0.15) is 37.7 Å². The monoisotopic (exact) mass is 316 g/mol. The molecule has 0 saturated heterocycles. The van der Waals surface area contributed by atoms with Crippen molar-refractivity contribution in [2.45, 2.75) is 38.1 Å². The molecule has 0 radical (unpaired) electrons. The summed E-state index contributed by atoms with van der Waals surface area (Å²) < 4.78 is 0. The molecule has 0 amide bonds. The van der Waals surface area contributed by atoms with Gasteiger partial charge in [0.1, 0.15) is 5.69 Å². The third-order valence-electron chi connectivity index (χ3n) is 4.70. The average Bonchev–Trinajstić information content (AvgIpc) is 2.59. The van der Waals surface area contributed by atoms with Crippen molar-refractivity contribution in [3.05, 3.63) is 33.9 Å². The third kappa shape index (κ3) is 4.42. The second kappa shape index (κ2) is 7.93. The van der Waals surface area contributed by atoms with Gasteiger partial charge in [0.05, 0.1) is 16.6 Å². The number of nitro benzene ring substituents is 1. The van der Waals surface area contributed by atoms with E-state index in [2.05, 4.69) is 11.9 Å². The molecule has 0 N–H and O–H groups in total. The summed E-state index contributed by atoms with van der Waals surface area (Å²) >= 11 is 0. The summed E-state index contributed by atoms with van der Waals surface area (Å²) in [5.74, 6) is 0. The molecule has 6 nitrogen and oxygen atoms in total. The van der Waals surface area contributed by atoms with Crippen LogP contribution in [0, 0.1) is 21.4 Å². The molecule has 1 saturated carbocycles. The van der Waals surface area contributed by atoms with Crippen LogP contribution in [0.4, 0.5) is 11.4 Å². The highest BCUT2D eigenvalue weighted by Crippen LogP contribution is 2.28. The van der Waals surface area contributed by atoms with Crippen LogP contribution in [0.3, 0.4) is 0 Å². The van der Waals surface area contributed by atoms with Crippen LogP contribution in [-0.2, 0) is 0 Å². The molecule has 2 rings (SSSR count). The van der Waals surface area contributed by atoms with E-state index in [1.54, 1.807) is 12.1 Å². The van der Waals surface area contributed by atoms with Crippen molar-refractivity contribution >= 4 is 11.4 Å². The van der Waals surface area contributed by atoms with Crippen molar-refractivity contribution < 1.29 is 4.92 Å². The highest BCUT2D eigenvalue weighted by Gasteiger charge is 2.21. The van der Waals surface area contributed by atoms with Gasteiger partial charge in [0.25, 0.3) is 5.69 Å². The van der Waals surface area contributed by atoms with E-state index in [4.69, 9.17) is 5.26 Å². The lowest BCUT2D eigenvalue weighted by molar-refractivity contribution is -0.384. The molecule has 23 heavy (non-hydrogen) atoms. The van der Waals surface area contributed by atoms with Crippen LogP contribution in [-0.4, -0.2) is 43.0 Å². The number of anilines is 1. The number of hydrogen-bond donors (Lipinski definition) is 0. The van der Waals surface area contributed by atoms with E-state index in [9.17, 15) is 10.1 Å².